The summed E-state index contributed by atoms with van der Waals surface area (Å²) in [6, 6.07) is 4.32. The van der Waals surface area contributed by atoms with Gasteiger partial charge in [-0.1, -0.05) is 17.3 Å². The van der Waals surface area contributed by atoms with Crippen LogP contribution < -0.4 is 0 Å². The Morgan fingerprint density at radius 2 is 1.88 bits per heavy atom. The van der Waals surface area contributed by atoms with Crippen LogP contribution in [-0.2, 0) is 10.9 Å². The maximum atomic E-state index is 12.2. The lowest BCUT2D eigenvalue weighted by Crippen LogP contribution is -2.10. The van der Waals surface area contributed by atoms with Gasteiger partial charge in [-0.15, -0.1) is 0 Å². The third kappa shape index (κ3) is 2.96. The first-order chi connectivity index (χ1) is 7.49. The lowest BCUT2D eigenvalue weighted by Gasteiger charge is -2.08. The van der Waals surface area contributed by atoms with Crippen LogP contribution in [-0.4, -0.2) is 24.6 Å². The minimum absolute atomic E-state index is 0.0296. The number of nitrogens with zero attached hydrogens (tertiary/aromatic N) is 1. The van der Waals surface area contributed by atoms with Crippen molar-refractivity contribution in [3.63, 3.8) is 0 Å². The van der Waals surface area contributed by atoms with Gasteiger partial charge in [0.2, 0.25) is 0 Å². The Morgan fingerprint density at radius 3 is 2.25 bits per heavy atom. The molecule has 1 aromatic rings. The number of rotatable bonds is 3. The molecule has 6 heteroatoms. The van der Waals surface area contributed by atoms with E-state index in [1.54, 1.807) is 0 Å². The quantitative estimate of drug-likeness (QED) is 0.495. The first-order valence-corrected chi connectivity index (χ1v) is 4.36. The van der Waals surface area contributed by atoms with Crippen molar-refractivity contribution in [1.82, 2.24) is 0 Å². The number of hydrogen-bond donors (Lipinski definition) is 1. The Kier molecular flexibility index (Phi) is 3.89. The van der Waals surface area contributed by atoms with Crippen molar-refractivity contribution in [2.45, 2.75) is 6.18 Å². The van der Waals surface area contributed by atoms with E-state index in [0.717, 1.165) is 12.1 Å². The molecule has 0 aliphatic carbocycles. The molecule has 0 radical (unpaired) electrons. The van der Waals surface area contributed by atoms with Crippen molar-refractivity contribution in [3.8, 4) is 0 Å². The summed E-state index contributed by atoms with van der Waals surface area (Å²) in [5.41, 5.74) is -0.181. The summed E-state index contributed by atoms with van der Waals surface area (Å²) >= 11 is 0. The number of ether oxygens (including phenoxy) is 1. The van der Waals surface area contributed by atoms with E-state index in [9.17, 15) is 13.2 Å². The molecule has 0 fully saturated rings. The molecule has 0 amide bonds. The molecule has 0 aliphatic rings. The first-order valence-electron chi connectivity index (χ1n) is 4.36. The lowest BCUT2D eigenvalue weighted by molar-refractivity contribution is -0.137. The predicted octanol–water partition coefficient (Wildman–Crippen LogP) is 2.53. The van der Waals surface area contributed by atoms with Gasteiger partial charge in [-0.2, -0.15) is 13.2 Å². The SMILES string of the molecule is COCC(=NO)c1ccc(C(F)(F)F)cc1. The van der Waals surface area contributed by atoms with E-state index in [1.807, 2.05) is 0 Å². The van der Waals surface area contributed by atoms with Crippen LogP contribution >= 0.6 is 0 Å². The second kappa shape index (κ2) is 4.98. The number of alkyl halides is 3. The van der Waals surface area contributed by atoms with E-state index in [4.69, 9.17) is 9.94 Å². The number of benzene rings is 1. The van der Waals surface area contributed by atoms with E-state index in [-0.39, 0.29) is 12.3 Å². The van der Waals surface area contributed by atoms with Crippen LogP contribution in [0.4, 0.5) is 13.2 Å². The summed E-state index contributed by atoms with van der Waals surface area (Å²) in [5.74, 6) is 0. The Morgan fingerprint density at radius 1 is 1.31 bits per heavy atom. The average Bonchev–Trinajstić information content (AvgIpc) is 2.25. The fourth-order valence-corrected chi connectivity index (χ4v) is 1.16. The summed E-state index contributed by atoms with van der Waals surface area (Å²) in [6.45, 7) is 0.0296. The molecular weight excluding hydrogens is 223 g/mol. The van der Waals surface area contributed by atoms with Gasteiger partial charge >= 0.3 is 6.18 Å². The molecule has 0 heterocycles. The molecular formula is C10H10F3NO2. The van der Waals surface area contributed by atoms with Gasteiger partial charge in [-0.25, -0.2) is 0 Å². The Bertz CT molecular complexity index is 371. The molecule has 1 rings (SSSR count). The Labute approximate surface area is 90.1 Å². The van der Waals surface area contributed by atoms with Crippen molar-refractivity contribution in [2.24, 2.45) is 5.16 Å². The first kappa shape index (κ1) is 12.5. The fourth-order valence-electron chi connectivity index (χ4n) is 1.16. The number of oxime groups is 1. The fraction of sp³-hybridized carbons (Fsp3) is 0.300. The van der Waals surface area contributed by atoms with E-state index in [2.05, 4.69) is 5.16 Å². The molecule has 3 nitrogen and oxygen atoms in total. The minimum Gasteiger partial charge on any atom is -0.411 e. The molecule has 1 aromatic carbocycles. The van der Waals surface area contributed by atoms with Crippen molar-refractivity contribution in [3.05, 3.63) is 35.4 Å². The average molecular weight is 233 g/mol. The smallest absolute Gasteiger partial charge is 0.411 e. The standard InChI is InChI=1S/C10H10F3NO2/c1-16-6-9(14-15)7-2-4-8(5-3-7)10(11,12)13/h2-5,15H,6H2,1H3. The summed E-state index contributed by atoms with van der Waals surface area (Å²) in [4.78, 5) is 0. The van der Waals surface area contributed by atoms with E-state index >= 15 is 0 Å². The van der Waals surface area contributed by atoms with Gasteiger partial charge in [-0.3, -0.25) is 0 Å². The lowest BCUT2D eigenvalue weighted by atomic mass is 10.1. The van der Waals surface area contributed by atoms with Gasteiger partial charge in [0.15, 0.2) is 0 Å². The van der Waals surface area contributed by atoms with E-state index in [1.165, 1.54) is 19.2 Å². The van der Waals surface area contributed by atoms with Gasteiger partial charge < -0.3 is 9.94 Å². The highest BCUT2D eigenvalue weighted by molar-refractivity contribution is 6.01. The second-order valence-electron chi connectivity index (χ2n) is 3.05. The number of hydrogen-bond acceptors (Lipinski definition) is 3. The molecule has 0 saturated heterocycles. The zero-order valence-electron chi connectivity index (χ0n) is 8.45. The van der Waals surface area contributed by atoms with Crippen molar-refractivity contribution < 1.29 is 23.1 Å². The van der Waals surface area contributed by atoms with Crippen LogP contribution in [0.25, 0.3) is 0 Å². The highest BCUT2D eigenvalue weighted by Gasteiger charge is 2.30. The van der Waals surface area contributed by atoms with Crippen LogP contribution in [0, 0.1) is 0 Å². The van der Waals surface area contributed by atoms with E-state index in [0.29, 0.717) is 5.56 Å². The van der Waals surface area contributed by atoms with E-state index < -0.39 is 11.7 Å². The van der Waals surface area contributed by atoms with Gasteiger partial charge in [0.25, 0.3) is 0 Å². The van der Waals surface area contributed by atoms with Crippen LogP contribution in [0.1, 0.15) is 11.1 Å². The van der Waals surface area contributed by atoms with Crippen molar-refractivity contribution >= 4 is 5.71 Å². The molecule has 0 atom stereocenters. The molecule has 0 aromatic heterocycles. The van der Waals surface area contributed by atoms with Gasteiger partial charge in [0.1, 0.15) is 5.71 Å². The molecule has 0 unspecified atom stereocenters. The van der Waals surface area contributed by atoms with Crippen LogP contribution in [0.15, 0.2) is 29.4 Å². The molecule has 1 N–H and O–H groups in total. The predicted molar refractivity (Wildman–Crippen MR) is 51.6 cm³/mol. The summed E-state index contributed by atoms with van der Waals surface area (Å²) in [7, 11) is 1.40. The Hall–Kier alpha value is -1.56. The zero-order valence-corrected chi connectivity index (χ0v) is 8.45. The normalized spacial score (nSPS) is 12.9. The number of methoxy groups -OCH3 is 1. The highest BCUT2D eigenvalue weighted by Crippen LogP contribution is 2.29. The third-order valence-electron chi connectivity index (χ3n) is 1.95. The zero-order chi connectivity index (χ0) is 12.2. The topological polar surface area (TPSA) is 41.8 Å². The summed E-state index contributed by atoms with van der Waals surface area (Å²) < 4.78 is 41.5. The van der Waals surface area contributed by atoms with Crippen molar-refractivity contribution in [1.29, 1.82) is 0 Å². The molecule has 0 aliphatic heterocycles. The van der Waals surface area contributed by atoms with Crippen molar-refractivity contribution in [2.75, 3.05) is 13.7 Å². The minimum atomic E-state index is -4.36. The summed E-state index contributed by atoms with van der Waals surface area (Å²) in [6.07, 6.45) is -4.36. The number of halogens is 3. The van der Waals surface area contributed by atoms with Crippen LogP contribution in [0.3, 0.4) is 0 Å². The molecule has 0 spiro atoms. The summed E-state index contributed by atoms with van der Waals surface area (Å²) in [5, 5.41) is 11.6. The molecule has 0 bridgehead atoms. The van der Waals surface area contributed by atoms with Crippen LogP contribution in [0.5, 0.6) is 0 Å². The third-order valence-corrected chi connectivity index (χ3v) is 1.95. The highest BCUT2D eigenvalue weighted by atomic mass is 19.4. The van der Waals surface area contributed by atoms with Gasteiger partial charge in [0.05, 0.1) is 12.2 Å². The molecule has 16 heavy (non-hydrogen) atoms. The van der Waals surface area contributed by atoms with Gasteiger partial charge in [-0.05, 0) is 12.1 Å². The maximum absolute atomic E-state index is 12.2. The Balaban J connectivity index is 2.94. The maximum Gasteiger partial charge on any atom is 0.416 e. The second-order valence-corrected chi connectivity index (χ2v) is 3.05. The monoisotopic (exact) mass is 233 g/mol. The van der Waals surface area contributed by atoms with Crippen LogP contribution in [0.2, 0.25) is 0 Å². The largest absolute Gasteiger partial charge is 0.416 e. The molecule has 0 saturated carbocycles. The van der Waals surface area contributed by atoms with Gasteiger partial charge in [0, 0.05) is 12.7 Å². The molecule has 88 valence electrons.